The van der Waals surface area contributed by atoms with Crippen LogP contribution in [0.3, 0.4) is 0 Å². The number of benzene rings is 3. The maximum absolute atomic E-state index is 12.4. The molecule has 1 heterocycles. The molecule has 0 aromatic heterocycles. The van der Waals surface area contributed by atoms with Gasteiger partial charge in [0.1, 0.15) is 35.5 Å². The maximum Gasteiger partial charge on any atom is 0.343 e. The second-order valence-corrected chi connectivity index (χ2v) is 7.96. The number of methoxy groups -OCH3 is 2. The van der Waals surface area contributed by atoms with Crippen molar-refractivity contribution in [3.63, 3.8) is 0 Å². The number of rotatable bonds is 7. The summed E-state index contributed by atoms with van der Waals surface area (Å²) in [6, 6.07) is 18.3. The summed E-state index contributed by atoms with van der Waals surface area (Å²) in [4.78, 5) is 12.4. The predicted octanol–water partition coefficient (Wildman–Crippen LogP) is 4.99. The van der Waals surface area contributed by atoms with E-state index in [-0.39, 0.29) is 0 Å². The molecule has 2 unspecified atom stereocenters. The molecule has 0 fully saturated rings. The van der Waals surface area contributed by atoms with Gasteiger partial charge in [-0.2, -0.15) is 0 Å². The molecule has 0 amide bonds. The minimum Gasteiger partial charge on any atom is -0.497 e. The summed E-state index contributed by atoms with van der Waals surface area (Å²) in [6.45, 7) is 0.433. The first-order chi connectivity index (χ1) is 15.0. The molecule has 7 heteroatoms. The lowest BCUT2D eigenvalue weighted by Gasteiger charge is -2.19. The molecule has 0 saturated carbocycles. The third-order valence-corrected chi connectivity index (χ3v) is 5.66. The molecule has 3 aromatic carbocycles. The van der Waals surface area contributed by atoms with Gasteiger partial charge in [-0.15, -0.1) is 0 Å². The predicted molar refractivity (Wildman–Crippen MR) is 118 cm³/mol. The van der Waals surface area contributed by atoms with Gasteiger partial charge in [-0.1, -0.05) is 40.2 Å². The number of carbonyl (C=O) groups excluding carboxylic acids is 1. The van der Waals surface area contributed by atoms with Crippen LogP contribution in [0.4, 0.5) is 0 Å². The average Bonchev–Trinajstić information content (AvgIpc) is 3.14. The van der Waals surface area contributed by atoms with E-state index < -0.39 is 18.2 Å². The summed E-state index contributed by atoms with van der Waals surface area (Å²) in [5.74, 6) is 1.01. The zero-order chi connectivity index (χ0) is 22.0. The summed E-state index contributed by atoms with van der Waals surface area (Å²) >= 11 is 3.41. The second kappa shape index (κ2) is 8.99. The zero-order valence-corrected chi connectivity index (χ0v) is 18.6. The van der Waals surface area contributed by atoms with E-state index in [2.05, 4.69) is 15.9 Å². The molecule has 0 radical (unpaired) electrons. The van der Waals surface area contributed by atoms with Crippen molar-refractivity contribution in [2.45, 2.75) is 18.8 Å². The highest BCUT2D eigenvalue weighted by Crippen LogP contribution is 2.45. The van der Waals surface area contributed by atoms with Crippen LogP contribution in [0.1, 0.15) is 39.3 Å². The minimum atomic E-state index is -1.05. The van der Waals surface area contributed by atoms with Crippen LogP contribution < -0.4 is 14.2 Å². The lowest BCUT2D eigenvalue weighted by atomic mass is 9.96. The van der Waals surface area contributed by atoms with Crippen molar-refractivity contribution in [3.8, 4) is 17.2 Å². The van der Waals surface area contributed by atoms with Gasteiger partial charge in [-0.25, -0.2) is 4.79 Å². The Bertz CT molecular complexity index is 1080. The summed E-state index contributed by atoms with van der Waals surface area (Å²) in [5, 5.41) is 10.9. The van der Waals surface area contributed by atoms with E-state index in [1.807, 2.05) is 24.3 Å². The molecule has 0 bridgehead atoms. The topological polar surface area (TPSA) is 74.2 Å². The zero-order valence-electron chi connectivity index (χ0n) is 17.0. The summed E-state index contributed by atoms with van der Waals surface area (Å²) in [5.41, 5.74) is 2.49. The van der Waals surface area contributed by atoms with Crippen molar-refractivity contribution >= 4 is 21.9 Å². The number of aliphatic hydroxyl groups is 1. The van der Waals surface area contributed by atoms with Gasteiger partial charge in [0, 0.05) is 16.1 Å². The lowest BCUT2D eigenvalue weighted by molar-refractivity contribution is -0.0103. The van der Waals surface area contributed by atoms with Crippen LogP contribution >= 0.6 is 15.9 Å². The van der Waals surface area contributed by atoms with Gasteiger partial charge in [-0.3, -0.25) is 0 Å². The van der Waals surface area contributed by atoms with E-state index in [9.17, 15) is 9.90 Å². The fourth-order valence-electron chi connectivity index (χ4n) is 3.49. The van der Waals surface area contributed by atoms with Gasteiger partial charge < -0.3 is 24.1 Å². The normalized spacial score (nSPS) is 15.7. The Morgan fingerprint density at radius 1 is 1.00 bits per heavy atom. The van der Waals surface area contributed by atoms with Crippen molar-refractivity contribution in [2.75, 3.05) is 14.2 Å². The summed E-state index contributed by atoms with van der Waals surface area (Å²) in [7, 11) is 3.00. The number of hydrogen-bond donors (Lipinski definition) is 1. The van der Waals surface area contributed by atoms with Crippen LogP contribution in [-0.4, -0.2) is 25.3 Å². The van der Waals surface area contributed by atoms with Gasteiger partial charge >= 0.3 is 5.97 Å². The fourth-order valence-corrected chi connectivity index (χ4v) is 3.75. The van der Waals surface area contributed by atoms with E-state index in [0.29, 0.717) is 40.5 Å². The van der Waals surface area contributed by atoms with Gasteiger partial charge in [-0.05, 0) is 41.5 Å². The lowest BCUT2D eigenvalue weighted by Crippen LogP contribution is -2.11. The highest BCUT2D eigenvalue weighted by Gasteiger charge is 2.39. The molecule has 0 aliphatic carbocycles. The van der Waals surface area contributed by atoms with Gasteiger partial charge in [0.2, 0.25) is 0 Å². The largest absolute Gasteiger partial charge is 0.497 e. The summed E-state index contributed by atoms with van der Waals surface area (Å²) < 4.78 is 22.9. The van der Waals surface area contributed by atoms with Gasteiger partial charge in [0.25, 0.3) is 0 Å². The first-order valence-corrected chi connectivity index (χ1v) is 10.4. The number of cyclic esters (lactones) is 1. The maximum atomic E-state index is 12.4. The molecule has 0 spiro atoms. The van der Waals surface area contributed by atoms with Crippen molar-refractivity contribution in [3.05, 3.63) is 87.4 Å². The molecule has 0 saturated heterocycles. The van der Waals surface area contributed by atoms with Crippen molar-refractivity contribution in [1.82, 2.24) is 0 Å². The molecule has 3 aromatic rings. The number of aliphatic hydroxyl groups excluding tert-OH is 1. The Hall–Kier alpha value is -3.03. The van der Waals surface area contributed by atoms with Crippen molar-refractivity contribution in [1.29, 1.82) is 0 Å². The van der Waals surface area contributed by atoms with Crippen molar-refractivity contribution < 1.29 is 28.8 Å². The fraction of sp³-hybridized carbons (Fsp3) is 0.208. The van der Waals surface area contributed by atoms with Crippen LogP contribution in [0.15, 0.2) is 65.1 Å². The van der Waals surface area contributed by atoms with Crippen LogP contribution in [0.5, 0.6) is 17.2 Å². The third kappa shape index (κ3) is 4.38. The molecular formula is C24H21BrO6. The number of fused-ring (bicyclic) bond motifs is 1. The number of hydrogen-bond acceptors (Lipinski definition) is 6. The van der Waals surface area contributed by atoms with Crippen LogP contribution in [0.25, 0.3) is 0 Å². The van der Waals surface area contributed by atoms with Crippen LogP contribution in [-0.2, 0) is 11.3 Å². The Labute approximate surface area is 188 Å². The highest BCUT2D eigenvalue weighted by atomic mass is 79.9. The third-order valence-electron chi connectivity index (χ3n) is 5.13. The number of carbonyl (C=O) groups is 1. The van der Waals surface area contributed by atoms with E-state index in [1.54, 1.807) is 36.4 Å². The SMILES string of the molecule is COc1cc(OC)c2c(c1)C(C(O)c1ccc(OCc3ccc(Br)cc3)cc1)OC2=O. The molecule has 4 rings (SSSR count). The van der Waals surface area contributed by atoms with E-state index in [4.69, 9.17) is 18.9 Å². The quantitative estimate of drug-likeness (QED) is 0.476. The van der Waals surface area contributed by atoms with Gasteiger partial charge in [0.05, 0.1) is 14.2 Å². The minimum absolute atomic E-state index is 0.307. The Kier molecular flexibility index (Phi) is 6.15. The smallest absolute Gasteiger partial charge is 0.343 e. The van der Waals surface area contributed by atoms with Crippen LogP contribution in [0.2, 0.25) is 0 Å². The Balaban J connectivity index is 1.51. The molecule has 31 heavy (non-hydrogen) atoms. The molecule has 160 valence electrons. The molecular weight excluding hydrogens is 464 g/mol. The average molecular weight is 485 g/mol. The monoisotopic (exact) mass is 484 g/mol. The van der Waals surface area contributed by atoms with E-state index >= 15 is 0 Å². The molecule has 1 N–H and O–H groups in total. The number of ether oxygens (including phenoxy) is 4. The molecule has 1 aliphatic heterocycles. The first kappa shape index (κ1) is 21.2. The van der Waals surface area contributed by atoms with E-state index in [1.165, 1.54) is 14.2 Å². The standard InChI is InChI=1S/C24H21BrO6/c1-28-18-11-19-21(20(12-18)29-2)24(27)31-23(19)22(26)15-5-9-17(10-6-15)30-13-14-3-7-16(25)8-4-14/h3-12,22-23,26H,13H2,1-2H3. The molecule has 6 nitrogen and oxygen atoms in total. The van der Waals surface area contributed by atoms with Crippen molar-refractivity contribution in [2.24, 2.45) is 0 Å². The summed E-state index contributed by atoms with van der Waals surface area (Å²) in [6.07, 6.45) is -1.91. The van der Waals surface area contributed by atoms with Gasteiger partial charge in [0.15, 0.2) is 6.10 Å². The molecule has 1 aliphatic rings. The first-order valence-electron chi connectivity index (χ1n) is 9.62. The molecule has 2 atom stereocenters. The second-order valence-electron chi connectivity index (χ2n) is 7.05. The van der Waals surface area contributed by atoms with E-state index in [0.717, 1.165) is 10.0 Å². The highest BCUT2D eigenvalue weighted by molar-refractivity contribution is 9.10. The van der Waals surface area contributed by atoms with Crippen LogP contribution in [0, 0.1) is 0 Å². The Morgan fingerprint density at radius 2 is 1.71 bits per heavy atom. The number of esters is 1. The Morgan fingerprint density at radius 3 is 2.35 bits per heavy atom. The number of halogens is 1.